The van der Waals surface area contributed by atoms with Crippen LogP contribution in [0.25, 0.3) is 0 Å². The second-order valence-electron chi connectivity index (χ2n) is 7.73. The van der Waals surface area contributed by atoms with Gasteiger partial charge in [0.15, 0.2) is 0 Å². The number of thiophene rings is 1. The molecule has 152 valence electrons. The van der Waals surface area contributed by atoms with Gasteiger partial charge in [-0.3, -0.25) is 9.59 Å². The second-order valence-corrected chi connectivity index (χ2v) is 9.16. The fourth-order valence-corrected chi connectivity index (χ4v) is 5.18. The Morgan fingerprint density at radius 1 is 1.24 bits per heavy atom. The third kappa shape index (κ3) is 4.12. The Labute approximate surface area is 180 Å². The normalized spacial score (nSPS) is 18.7. The summed E-state index contributed by atoms with van der Waals surface area (Å²) in [7, 11) is 0. The van der Waals surface area contributed by atoms with Gasteiger partial charge in [-0.2, -0.15) is 0 Å². The van der Waals surface area contributed by atoms with Crippen molar-refractivity contribution in [1.29, 1.82) is 0 Å². The van der Waals surface area contributed by atoms with Crippen molar-refractivity contribution in [3.63, 3.8) is 0 Å². The van der Waals surface area contributed by atoms with Crippen LogP contribution in [-0.2, 0) is 16.0 Å². The van der Waals surface area contributed by atoms with Gasteiger partial charge in [-0.15, -0.1) is 17.9 Å². The van der Waals surface area contributed by atoms with Crippen molar-refractivity contribution in [2.75, 3.05) is 19.6 Å². The first-order valence-corrected chi connectivity index (χ1v) is 11.3. The number of benzene rings is 1. The first-order valence-electron chi connectivity index (χ1n) is 10.1. The van der Waals surface area contributed by atoms with Crippen LogP contribution in [0, 0.1) is 5.92 Å². The largest absolute Gasteiger partial charge is 0.330 e. The van der Waals surface area contributed by atoms with Gasteiger partial charge in [-0.05, 0) is 54.0 Å². The summed E-state index contributed by atoms with van der Waals surface area (Å²) in [6.45, 7) is 4.93. The van der Waals surface area contributed by atoms with Crippen LogP contribution in [-0.4, -0.2) is 41.2 Å². The summed E-state index contributed by atoms with van der Waals surface area (Å²) in [5.74, 6) is 0.136. The van der Waals surface area contributed by atoms with Gasteiger partial charge >= 0.3 is 0 Å². The lowest BCUT2D eigenvalue weighted by molar-refractivity contribution is -0.145. The first kappa shape index (κ1) is 20.2. The van der Waals surface area contributed by atoms with Crippen molar-refractivity contribution >= 4 is 34.8 Å². The molecule has 1 saturated carbocycles. The zero-order chi connectivity index (χ0) is 20.4. The Hall–Kier alpha value is -2.11. The molecule has 4 rings (SSSR count). The number of carbonyl (C=O) groups is 2. The van der Waals surface area contributed by atoms with E-state index >= 15 is 0 Å². The fraction of sp³-hybridized carbons (Fsp3) is 0.391. The van der Waals surface area contributed by atoms with Crippen molar-refractivity contribution in [3.8, 4) is 0 Å². The number of rotatable bonds is 6. The van der Waals surface area contributed by atoms with Crippen molar-refractivity contribution in [2.45, 2.75) is 31.7 Å². The summed E-state index contributed by atoms with van der Waals surface area (Å²) in [6, 6.07) is 9.68. The average molecular weight is 429 g/mol. The highest BCUT2D eigenvalue weighted by Gasteiger charge is 2.35. The van der Waals surface area contributed by atoms with Gasteiger partial charge in [-0.25, -0.2) is 0 Å². The van der Waals surface area contributed by atoms with Crippen molar-refractivity contribution in [2.24, 2.45) is 5.92 Å². The highest BCUT2D eigenvalue weighted by Crippen LogP contribution is 2.38. The van der Waals surface area contributed by atoms with E-state index in [0.717, 1.165) is 31.2 Å². The van der Waals surface area contributed by atoms with Crippen LogP contribution < -0.4 is 0 Å². The lowest BCUT2D eigenvalue weighted by Crippen LogP contribution is -2.48. The molecule has 1 aliphatic carbocycles. The maximum atomic E-state index is 13.4. The number of amides is 2. The summed E-state index contributed by atoms with van der Waals surface area (Å²) in [5.41, 5.74) is 2.22. The van der Waals surface area contributed by atoms with Gasteiger partial charge in [0.1, 0.15) is 6.54 Å². The van der Waals surface area contributed by atoms with Crippen molar-refractivity contribution < 1.29 is 9.59 Å². The molecule has 2 heterocycles. The number of halogens is 1. The molecule has 1 fully saturated rings. The predicted molar refractivity (Wildman–Crippen MR) is 117 cm³/mol. The molecule has 2 aromatic rings. The quantitative estimate of drug-likeness (QED) is 0.626. The molecule has 1 aromatic heterocycles. The van der Waals surface area contributed by atoms with E-state index in [4.69, 9.17) is 11.6 Å². The van der Waals surface area contributed by atoms with Crippen molar-refractivity contribution in [3.05, 3.63) is 69.4 Å². The van der Waals surface area contributed by atoms with E-state index < -0.39 is 0 Å². The van der Waals surface area contributed by atoms with Crippen molar-refractivity contribution in [1.82, 2.24) is 9.80 Å². The number of fused-ring (bicyclic) bond motifs is 1. The number of hydrogen-bond acceptors (Lipinski definition) is 3. The molecule has 2 aliphatic rings. The van der Waals surface area contributed by atoms with Gasteiger partial charge in [0, 0.05) is 28.9 Å². The number of carbonyl (C=O) groups excluding carboxylic acids is 2. The molecule has 0 bridgehead atoms. The zero-order valence-electron chi connectivity index (χ0n) is 16.4. The molecule has 0 N–H and O–H groups in total. The van der Waals surface area contributed by atoms with Crippen LogP contribution in [0.5, 0.6) is 0 Å². The summed E-state index contributed by atoms with van der Waals surface area (Å²) in [6.07, 6.45) is 5.50. The Morgan fingerprint density at radius 3 is 2.66 bits per heavy atom. The molecule has 6 heteroatoms. The Morgan fingerprint density at radius 2 is 2.00 bits per heavy atom. The lowest BCUT2D eigenvalue weighted by Gasteiger charge is -2.38. The molecule has 2 amide bonds. The minimum atomic E-state index is -0.140. The minimum Gasteiger partial charge on any atom is -0.330 e. The summed E-state index contributed by atoms with van der Waals surface area (Å²) in [4.78, 5) is 31.1. The second kappa shape index (κ2) is 8.72. The highest BCUT2D eigenvalue weighted by atomic mass is 35.5. The Bertz CT molecular complexity index is 904. The Kier molecular flexibility index (Phi) is 6.07. The highest BCUT2D eigenvalue weighted by molar-refractivity contribution is 7.10. The van der Waals surface area contributed by atoms with E-state index in [0.29, 0.717) is 18.1 Å². The maximum Gasteiger partial charge on any atom is 0.243 e. The fourth-order valence-electron chi connectivity index (χ4n) is 4.15. The van der Waals surface area contributed by atoms with Crippen LogP contribution in [0.1, 0.15) is 41.3 Å². The third-order valence-electron chi connectivity index (χ3n) is 5.91. The van der Waals surface area contributed by atoms with E-state index in [-0.39, 0.29) is 30.3 Å². The summed E-state index contributed by atoms with van der Waals surface area (Å²) in [5, 5.41) is 2.77. The molecule has 1 unspecified atom stereocenters. The van der Waals surface area contributed by atoms with E-state index in [1.165, 1.54) is 10.4 Å². The molecule has 1 aromatic carbocycles. The lowest BCUT2D eigenvalue weighted by atomic mass is 9.84. The minimum absolute atomic E-state index is 0.0173. The van der Waals surface area contributed by atoms with Gasteiger partial charge in [-0.1, -0.05) is 36.2 Å². The van der Waals surface area contributed by atoms with E-state index in [1.807, 2.05) is 29.2 Å². The molecule has 0 spiro atoms. The molecular formula is C23H25ClN2O2S. The third-order valence-corrected chi connectivity index (χ3v) is 7.16. The molecule has 0 radical (unpaired) electrons. The molecular weight excluding hydrogens is 404 g/mol. The van der Waals surface area contributed by atoms with Crippen LogP contribution in [0.15, 0.2) is 48.4 Å². The maximum absolute atomic E-state index is 13.4. The molecule has 0 saturated heterocycles. The zero-order valence-corrected chi connectivity index (χ0v) is 17.9. The monoisotopic (exact) mass is 428 g/mol. The SMILES string of the molecule is C=CCN(CC(=O)N1CCc2sccc2C1c1ccc(Cl)cc1)C(=O)C1CCC1. The van der Waals surface area contributed by atoms with Gasteiger partial charge in [0.25, 0.3) is 0 Å². The molecule has 1 aliphatic heterocycles. The molecule has 29 heavy (non-hydrogen) atoms. The standard InChI is InChI=1S/C23H25ClN2O2S/c1-2-12-25(23(28)17-4-3-5-17)15-21(27)26-13-10-20-19(11-14-29-20)22(26)16-6-8-18(24)9-7-16/h2,6-9,11,14,17,22H,1,3-5,10,12-13,15H2. The van der Waals surface area contributed by atoms with Crippen LogP contribution in [0.2, 0.25) is 5.02 Å². The first-order chi connectivity index (χ1) is 14.1. The smallest absolute Gasteiger partial charge is 0.243 e. The topological polar surface area (TPSA) is 40.6 Å². The predicted octanol–water partition coefficient (Wildman–Crippen LogP) is 4.69. The van der Waals surface area contributed by atoms with E-state index in [1.54, 1.807) is 22.3 Å². The van der Waals surface area contributed by atoms with Gasteiger partial charge < -0.3 is 9.80 Å². The van der Waals surface area contributed by atoms with Crippen LogP contribution in [0.4, 0.5) is 0 Å². The number of hydrogen-bond donors (Lipinski definition) is 0. The van der Waals surface area contributed by atoms with Gasteiger partial charge in [0.05, 0.1) is 6.04 Å². The van der Waals surface area contributed by atoms with Crippen LogP contribution >= 0.6 is 22.9 Å². The van der Waals surface area contributed by atoms with E-state index in [2.05, 4.69) is 18.0 Å². The van der Waals surface area contributed by atoms with E-state index in [9.17, 15) is 9.59 Å². The summed E-state index contributed by atoms with van der Waals surface area (Å²) < 4.78 is 0. The van der Waals surface area contributed by atoms with Gasteiger partial charge in [0.2, 0.25) is 11.8 Å². The number of nitrogens with zero attached hydrogens (tertiary/aromatic N) is 2. The molecule has 1 atom stereocenters. The summed E-state index contributed by atoms with van der Waals surface area (Å²) >= 11 is 7.82. The average Bonchev–Trinajstić information content (AvgIpc) is 3.15. The molecule has 4 nitrogen and oxygen atoms in total. The Balaban J connectivity index is 1.59. The van der Waals surface area contributed by atoms with Crippen LogP contribution in [0.3, 0.4) is 0 Å².